The predicted octanol–water partition coefficient (Wildman–Crippen LogP) is 1.65. The molecule has 0 aromatic carbocycles. The summed E-state index contributed by atoms with van der Waals surface area (Å²) in [5, 5.41) is 9.41. The molecule has 0 saturated heterocycles. The van der Waals surface area contributed by atoms with Crippen LogP contribution in [0.1, 0.15) is 47.1 Å². The standard InChI is InChI=1S/C11H12O3/c12-7-3-9(13)8-5-10(6-1-2-6)14-11(8)4-7/h5-7,12H,1-4H2. The molecule has 3 nitrogen and oxygen atoms in total. The molecule has 0 radical (unpaired) electrons. The van der Waals surface area contributed by atoms with E-state index in [1.807, 2.05) is 6.07 Å². The molecule has 1 aromatic heterocycles. The van der Waals surface area contributed by atoms with E-state index in [4.69, 9.17) is 4.42 Å². The highest BCUT2D eigenvalue weighted by Crippen LogP contribution is 2.42. The minimum Gasteiger partial charge on any atom is -0.465 e. The number of carbonyl (C=O) groups is 1. The van der Waals surface area contributed by atoms with Gasteiger partial charge in [-0.15, -0.1) is 0 Å². The zero-order valence-corrected chi connectivity index (χ0v) is 7.82. The van der Waals surface area contributed by atoms with E-state index >= 15 is 0 Å². The normalized spacial score (nSPS) is 26.4. The molecule has 1 heterocycles. The fraction of sp³-hybridized carbons (Fsp3) is 0.545. The summed E-state index contributed by atoms with van der Waals surface area (Å²) in [5.74, 6) is 2.19. The highest BCUT2D eigenvalue weighted by atomic mass is 16.3. The van der Waals surface area contributed by atoms with Crippen molar-refractivity contribution in [1.29, 1.82) is 0 Å². The zero-order valence-electron chi connectivity index (χ0n) is 7.82. The first kappa shape index (κ1) is 8.24. The number of hydrogen-bond acceptors (Lipinski definition) is 3. The first-order valence-corrected chi connectivity index (χ1v) is 5.08. The lowest BCUT2D eigenvalue weighted by Gasteiger charge is -2.13. The van der Waals surface area contributed by atoms with Crippen LogP contribution in [-0.4, -0.2) is 17.0 Å². The first-order valence-electron chi connectivity index (χ1n) is 5.08. The molecule has 1 fully saturated rings. The Morgan fingerprint density at radius 2 is 2.14 bits per heavy atom. The third-order valence-electron chi connectivity index (χ3n) is 2.95. The van der Waals surface area contributed by atoms with Crippen molar-refractivity contribution in [2.45, 2.75) is 37.7 Å². The summed E-state index contributed by atoms with van der Waals surface area (Å²) < 4.78 is 5.59. The van der Waals surface area contributed by atoms with E-state index in [1.54, 1.807) is 0 Å². The maximum atomic E-state index is 11.5. The molecule has 3 rings (SSSR count). The van der Waals surface area contributed by atoms with Crippen LogP contribution in [0, 0.1) is 0 Å². The Kier molecular flexibility index (Phi) is 1.59. The van der Waals surface area contributed by atoms with Crippen LogP contribution in [0.25, 0.3) is 0 Å². The van der Waals surface area contributed by atoms with Crippen molar-refractivity contribution < 1.29 is 14.3 Å². The summed E-state index contributed by atoms with van der Waals surface area (Å²) in [6.07, 6.45) is 2.53. The molecule has 1 unspecified atom stereocenters. The number of carbonyl (C=O) groups excluding carboxylic acids is 1. The Bertz CT molecular complexity index is 387. The van der Waals surface area contributed by atoms with Gasteiger partial charge in [0.2, 0.25) is 0 Å². The van der Waals surface area contributed by atoms with E-state index in [0.29, 0.717) is 23.7 Å². The molecule has 2 aliphatic rings. The fourth-order valence-corrected chi connectivity index (χ4v) is 2.02. The summed E-state index contributed by atoms with van der Waals surface area (Å²) in [7, 11) is 0. The van der Waals surface area contributed by atoms with Crippen LogP contribution in [0.4, 0.5) is 0 Å². The van der Waals surface area contributed by atoms with E-state index in [1.165, 1.54) is 12.8 Å². The van der Waals surface area contributed by atoms with E-state index in [2.05, 4.69) is 0 Å². The minimum absolute atomic E-state index is 0.0226. The molecule has 2 aliphatic carbocycles. The average Bonchev–Trinajstić information content (AvgIpc) is 2.87. The summed E-state index contributed by atoms with van der Waals surface area (Å²) in [4.78, 5) is 11.5. The number of aliphatic hydroxyl groups excluding tert-OH is 1. The summed E-state index contributed by atoms with van der Waals surface area (Å²) in [6, 6.07) is 1.88. The van der Waals surface area contributed by atoms with E-state index < -0.39 is 6.10 Å². The Morgan fingerprint density at radius 1 is 1.36 bits per heavy atom. The van der Waals surface area contributed by atoms with Crippen LogP contribution in [0.5, 0.6) is 0 Å². The maximum Gasteiger partial charge on any atom is 0.168 e. The smallest absolute Gasteiger partial charge is 0.168 e. The Hall–Kier alpha value is -1.09. The van der Waals surface area contributed by atoms with Crippen molar-refractivity contribution in [2.24, 2.45) is 0 Å². The van der Waals surface area contributed by atoms with Gasteiger partial charge in [-0.05, 0) is 18.9 Å². The van der Waals surface area contributed by atoms with Crippen LogP contribution in [0.15, 0.2) is 10.5 Å². The van der Waals surface area contributed by atoms with Gasteiger partial charge in [-0.3, -0.25) is 4.79 Å². The zero-order chi connectivity index (χ0) is 9.71. The van der Waals surface area contributed by atoms with Gasteiger partial charge in [-0.25, -0.2) is 0 Å². The molecule has 0 aliphatic heterocycles. The van der Waals surface area contributed by atoms with Crippen molar-refractivity contribution in [3.8, 4) is 0 Å². The van der Waals surface area contributed by atoms with Gasteiger partial charge in [0.15, 0.2) is 5.78 Å². The van der Waals surface area contributed by atoms with Crippen LogP contribution in [0.3, 0.4) is 0 Å². The second-order valence-corrected chi connectivity index (χ2v) is 4.25. The Morgan fingerprint density at radius 3 is 2.86 bits per heavy atom. The topological polar surface area (TPSA) is 50.4 Å². The van der Waals surface area contributed by atoms with E-state index in [9.17, 15) is 9.90 Å². The van der Waals surface area contributed by atoms with Gasteiger partial charge in [0.1, 0.15) is 11.5 Å². The first-order chi connectivity index (χ1) is 6.74. The fourth-order valence-electron chi connectivity index (χ4n) is 2.02. The lowest BCUT2D eigenvalue weighted by atomic mass is 9.95. The monoisotopic (exact) mass is 192 g/mol. The van der Waals surface area contributed by atoms with E-state index in [0.717, 1.165) is 5.76 Å². The molecule has 1 saturated carbocycles. The van der Waals surface area contributed by atoms with Gasteiger partial charge in [0, 0.05) is 18.8 Å². The number of furan rings is 1. The van der Waals surface area contributed by atoms with Crippen molar-refractivity contribution in [1.82, 2.24) is 0 Å². The molecule has 0 spiro atoms. The summed E-state index contributed by atoms with van der Waals surface area (Å²) in [6.45, 7) is 0. The van der Waals surface area contributed by atoms with Crippen LogP contribution < -0.4 is 0 Å². The third-order valence-corrected chi connectivity index (χ3v) is 2.95. The number of rotatable bonds is 1. The molecule has 0 bridgehead atoms. The number of Topliss-reactive ketones (excluding diaryl/α,β-unsaturated/α-hetero) is 1. The van der Waals surface area contributed by atoms with Crippen molar-refractivity contribution >= 4 is 5.78 Å². The molecule has 1 atom stereocenters. The van der Waals surface area contributed by atoms with Gasteiger partial charge < -0.3 is 9.52 Å². The van der Waals surface area contributed by atoms with E-state index in [-0.39, 0.29) is 12.2 Å². The molecule has 74 valence electrons. The molecular formula is C11H12O3. The second kappa shape index (κ2) is 2.70. The highest BCUT2D eigenvalue weighted by molar-refractivity contribution is 5.98. The van der Waals surface area contributed by atoms with Gasteiger partial charge in [-0.1, -0.05) is 0 Å². The maximum absolute atomic E-state index is 11.5. The molecule has 1 N–H and O–H groups in total. The lowest BCUT2D eigenvalue weighted by Crippen LogP contribution is -2.22. The van der Waals surface area contributed by atoms with Gasteiger partial charge >= 0.3 is 0 Å². The van der Waals surface area contributed by atoms with Crippen LogP contribution in [-0.2, 0) is 6.42 Å². The lowest BCUT2D eigenvalue weighted by molar-refractivity contribution is 0.0838. The Balaban J connectivity index is 2.01. The largest absolute Gasteiger partial charge is 0.465 e. The molecule has 0 amide bonds. The third kappa shape index (κ3) is 1.20. The summed E-state index contributed by atoms with van der Waals surface area (Å²) in [5.41, 5.74) is 0.706. The van der Waals surface area contributed by atoms with Gasteiger partial charge in [-0.2, -0.15) is 0 Å². The number of ketones is 1. The molecule has 14 heavy (non-hydrogen) atoms. The average molecular weight is 192 g/mol. The molecule has 3 heteroatoms. The van der Waals surface area contributed by atoms with Crippen LogP contribution in [0.2, 0.25) is 0 Å². The summed E-state index contributed by atoms with van der Waals surface area (Å²) >= 11 is 0. The van der Waals surface area contributed by atoms with Crippen molar-refractivity contribution in [3.05, 3.63) is 23.2 Å². The molecular weight excluding hydrogens is 180 g/mol. The minimum atomic E-state index is -0.548. The quantitative estimate of drug-likeness (QED) is 0.736. The van der Waals surface area contributed by atoms with Gasteiger partial charge in [0.25, 0.3) is 0 Å². The van der Waals surface area contributed by atoms with Gasteiger partial charge in [0.05, 0.1) is 11.7 Å². The second-order valence-electron chi connectivity index (χ2n) is 4.25. The Labute approximate surface area is 81.7 Å². The number of fused-ring (bicyclic) bond motifs is 1. The van der Waals surface area contributed by atoms with Crippen molar-refractivity contribution in [2.75, 3.05) is 0 Å². The predicted molar refractivity (Wildman–Crippen MR) is 49.3 cm³/mol. The highest BCUT2D eigenvalue weighted by Gasteiger charge is 2.32. The van der Waals surface area contributed by atoms with Crippen LogP contribution >= 0.6 is 0 Å². The SMILES string of the molecule is O=C1CC(O)Cc2oc(C3CC3)cc21. The number of aliphatic hydroxyl groups is 1. The molecule has 1 aromatic rings. The van der Waals surface area contributed by atoms with Crippen molar-refractivity contribution in [3.63, 3.8) is 0 Å². The number of hydrogen-bond donors (Lipinski definition) is 1.